The lowest BCUT2D eigenvalue weighted by atomic mass is 9.82. The van der Waals surface area contributed by atoms with Gasteiger partial charge < -0.3 is 10.2 Å². The number of nitrogens with one attached hydrogen (secondary N) is 1. The quantitative estimate of drug-likeness (QED) is 0.868. The Morgan fingerprint density at radius 2 is 1.96 bits per heavy atom. The molecule has 2 heterocycles. The number of rotatable bonds is 4. The van der Waals surface area contributed by atoms with Crippen molar-refractivity contribution in [2.24, 2.45) is 23.7 Å². The number of carbonyl (C=O) groups excluding carboxylic acids is 1. The second-order valence-corrected chi connectivity index (χ2v) is 7.80. The lowest BCUT2D eigenvalue weighted by Gasteiger charge is -2.22. The first-order valence-electron chi connectivity index (χ1n) is 9.15. The van der Waals surface area contributed by atoms with Crippen LogP contribution in [0.2, 0.25) is 0 Å². The van der Waals surface area contributed by atoms with Gasteiger partial charge >= 0.3 is 6.03 Å². The third-order valence-electron chi connectivity index (χ3n) is 6.35. The Labute approximate surface area is 138 Å². The standard InChI is InChI=1S/C18H28N4O/c1-12-8-13(2)22(20-12)7-3-6-19-18(23)21-10-16-14-4-5-15(9-14)17(16)11-21/h8,14-17H,3-7,9-11H2,1-2H3,(H,19,23)/t14-,15+,16-,17+. The van der Waals surface area contributed by atoms with Crippen molar-refractivity contribution in [2.45, 2.75) is 46.1 Å². The van der Waals surface area contributed by atoms with E-state index >= 15 is 0 Å². The number of amides is 2. The maximum Gasteiger partial charge on any atom is 0.317 e. The topological polar surface area (TPSA) is 50.2 Å². The first-order valence-corrected chi connectivity index (χ1v) is 9.15. The van der Waals surface area contributed by atoms with Gasteiger partial charge in [0.1, 0.15) is 0 Å². The third kappa shape index (κ3) is 2.74. The Balaban J connectivity index is 1.21. The number of nitrogens with zero attached hydrogens (tertiary/aromatic N) is 3. The second kappa shape index (κ2) is 5.84. The Morgan fingerprint density at radius 3 is 2.57 bits per heavy atom. The van der Waals surface area contributed by atoms with E-state index in [9.17, 15) is 4.79 Å². The van der Waals surface area contributed by atoms with Crippen LogP contribution in [0.3, 0.4) is 0 Å². The molecule has 2 aliphatic carbocycles. The Bertz CT molecular complexity index is 578. The minimum Gasteiger partial charge on any atom is -0.338 e. The molecule has 5 nitrogen and oxygen atoms in total. The van der Waals surface area contributed by atoms with Gasteiger partial charge in [-0.3, -0.25) is 4.68 Å². The molecule has 2 bridgehead atoms. The molecule has 3 aliphatic rings. The van der Waals surface area contributed by atoms with Crippen LogP contribution in [-0.4, -0.2) is 40.3 Å². The van der Waals surface area contributed by atoms with E-state index in [0.29, 0.717) is 0 Å². The fraction of sp³-hybridized carbons (Fsp3) is 0.778. The third-order valence-corrected chi connectivity index (χ3v) is 6.35. The number of urea groups is 1. The highest BCUT2D eigenvalue weighted by atomic mass is 16.2. The maximum absolute atomic E-state index is 12.4. The SMILES string of the molecule is Cc1cc(C)n(CCCNC(=O)N2C[C@@H]3[C@@H]4CC[C@@H](C4)[C@@H]3C2)n1. The molecule has 0 unspecified atom stereocenters. The first kappa shape index (κ1) is 15.0. The van der Waals surface area contributed by atoms with Crippen LogP contribution >= 0.6 is 0 Å². The van der Waals surface area contributed by atoms with Gasteiger partial charge in [0, 0.05) is 31.9 Å². The molecule has 1 aromatic heterocycles. The number of fused-ring (bicyclic) bond motifs is 5. The molecule has 2 amide bonds. The van der Waals surface area contributed by atoms with Gasteiger partial charge in [-0.2, -0.15) is 5.10 Å². The van der Waals surface area contributed by atoms with E-state index in [1.54, 1.807) is 0 Å². The molecule has 3 fully saturated rings. The summed E-state index contributed by atoms with van der Waals surface area (Å²) in [5.74, 6) is 3.42. The number of hydrogen-bond donors (Lipinski definition) is 1. The van der Waals surface area contributed by atoms with Crippen molar-refractivity contribution in [2.75, 3.05) is 19.6 Å². The molecule has 0 spiro atoms. The summed E-state index contributed by atoms with van der Waals surface area (Å²) in [4.78, 5) is 14.5. The van der Waals surface area contributed by atoms with Gasteiger partial charge in [0.2, 0.25) is 0 Å². The summed E-state index contributed by atoms with van der Waals surface area (Å²) in [6, 6.07) is 2.24. The molecule has 23 heavy (non-hydrogen) atoms. The Morgan fingerprint density at radius 1 is 1.26 bits per heavy atom. The fourth-order valence-corrected chi connectivity index (χ4v) is 5.29. The predicted molar refractivity (Wildman–Crippen MR) is 89.1 cm³/mol. The number of aromatic nitrogens is 2. The molecule has 126 valence electrons. The van der Waals surface area contributed by atoms with Crippen molar-refractivity contribution in [3.8, 4) is 0 Å². The van der Waals surface area contributed by atoms with E-state index in [-0.39, 0.29) is 6.03 Å². The van der Waals surface area contributed by atoms with E-state index in [1.807, 2.05) is 11.6 Å². The molecule has 2 saturated carbocycles. The van der Waals surface area contributed by atoms with Crippen LogP contribution in [0, 0.1) is 37.5 Å². The largest absolute Gasteiger partial charge is 0.338 e. The molecule has 1 aliphatic heterocycles. The van der Waals surface area contributed by atoms with Crippen LogP contribution < -0.4 is 5.32 Å². The normalized spacial score (nSPS) is 31.7. The molecule has 1 saturated heterocycles. The van der Waals surface area contributed by atoms with Crippen molar-refractivity contribution in [1.82, 2.24) is 20.0 Å². The summed E-state index contributed by atoms with van der Waals surface area (Å²) < 4.78 is 2.03. The molecule has 5 heteroatoms. The molecule has 1 N–H and O–H groups in total. The van der Waals surface area contributed by atoms with Crippen molar-refractivity contribution in [3.63, 3.8) is 0 Å². The maximum atomic E-state index is 12.4. The zero-order valence-electron chi connectivity index (χ0n) is 14.3. The van der Waals surface area contributed by atoms with Crippen LogP contribution in [0.1, 0.15) is 37.1 Å². The van der Waals surface area contributed by atoms with E-state index in [4.69, 9.17) is 0 Å². The Hall–Kier alpha value is -1.52. The number of aryl methyl sites for hydroxylation is 3. The number of hydrogen-bond acceptors (Lipinski definition) is 2. The number of carbonyl (C=O) groups is 1. The molecular weight excluding hydrogens is 288 g/mol. The highest BCUT2D eigenvalue weighted by Crippen LogP contribution is 2.55. The van der Waals surface area contributed by atoms with Gasteiger partial charge in [0.25, 0.3) is 0 Å². The highest BCUT2D eigenvalue weighted by Gasteiger charge is 2.52. The van der Waals surface area contributed by atoms with E-state index in [0.717, 1.165) is 62.0 Å². The summed E-state index contributed by atoms with van der Waals surface area (Å²) in [6.45, 7) is 7.69. The van der Waals surface area contributed by atoms with Crippen molar-refractivity contribution < 1.29 is 4.79 Å². The van der Waals surface area contributed by atoms with Gasteiger partial charge in [-0.15, -0.1) is 0 Å². The average molecular weight is 316 g/mol. The van der Waals surface area contributed by atoms with Gasteiger partial charge in [-0.1, -0.05) is 0 Å². The first-order chi connectivity index (χ1) is 11.1. The highest BCUT2D eigenvalue weighted by molar-refractivity contribution is 5.74. The van der Waals surface area contributed by atoms with Gasteiger partial charge in [-0.05, 0) is 69.3 Å². The smallest absolute Gasteiger partial charge is 0.317 e. The summed E-state index contributed by atoms with van der Waals surface area (Å²) in [6.07, 6.45) is 5.18. The molecule has 1 aromatic rings. The van der Waals surface area contributed by atoms with E-state index < -0.39 is 0 Å². The van der Waals surface area contributed by atoms with Crippen LogP contribution in [0.15, 0.2) is 6.07 Å². The van der Waals surface area contributed by atoms with Crippen LogP contribution in [0.5, 0.6) is 0 Å². The summed E-state index contributed by atoms with van der Waals surface area (Å²) in [7, 11) is 0. The minimum atomic E-state index is 0.146. The summed E-state index contributed by atoms with van der Waals surface area (Å²) in [5.41, 5.74) is 2.25. The molecule has 4 rings (SSSR count). The van der Waals surface area contributed by atoms with Crippen LogP contribution in [0.25, 0.3) is 0 Å². The van der Waals surface area contributed by atoms with E-state index in [2.05, 4.69) is 28.3 Å². The average Bonchev–Trinajstić information content (AvgIpc) is 3.25. The number of likely N-dealkylation sites (tertiary alicyclic amines) is 1. The van der Waals surface area contributed by atoms with Gasteiger partial charge in [-0.25, -0.2) is 4.79 Å². The van der Waals surface area contributed by atoms with Crippen molar-refractivity contribution in [1.29, 1.82) is 0 Å². The molecular formula is C18H28N4O. The lowest BCUT2D eigenvalue weighted by Crippen LogP contribution is -2.40. The van der Waals surface area contributed by atoms with Gasteiger partial charge in [0.15, 0.2) is 0 Å². The van der Waals surface area contributed by atoms with Crippen molar-refractivity contribution >= 4 is 6.03 Å². The molecule has 0 aromatic carbocycles. The Kier molecular flexibility index (Phi) is 3.82. The zero-order chi connectivity index (χ0) is 16.0. The summed E-state index contributed by atoms with van der Waals surface area (Å²) >= 11 is 0. The molecule has 4 atom stereocenters. The van der Waals surface area contributed by atoms with E-state index in [1.165, 1.54) is 25.0 Å². The zero-order valence-corrected chi connectivity index (χ0v) is 14.3. The minimum absolute atomic E-state index is 0.146. The van der Waals surface area contributed by atoms with Crippen LogP contribution in [0.4, 0.5) is 4.79 Å². The monoisotopic (exact) mass is 316 g/mol. The predicted octanol–water partition coefficient (Wildman–Crippen LogP) is 2.58. The van der Waals surface area contributed by atoms with Crippen LogP contribution in [-0.2, 0) is 6.54 Å². The van der Waals surface area contributed by atoms with Crippen molar-refractivity contribution in [3.05, 3.63) is 17.5 Å². The second-order valence-electron chi connectivity index (χ2n) is 7.80. The lowest BCUT2D eigenvalue weighted by molar-refractivity contribution is 0.203. The van der Waals surface area contributed by atoms with Gasteiger partial charge in [0.05, 0.1) is 5.69 Å². The molecule has 0 radical (unpaired) electrons. The summed E-state index contributed by atoms with van der Waals surface area (Å²) in [5, 5.41) is 7.57. The fourth-order valence-electron chi connectivity index (χ4n) is 5.29.